The lowest BCUT2D eigenvalue weighted by Crippen LogP contribution is -2.54. The van der Waals surface area contributed by atoms with Crippen molar-refractivity contribution in [1.82, 2.24) is 10.2 Å². The van der Waals surface area contributed by atoms with Crippen LogP contribution in [0.5, 0.6) is 0 Å². The molecule has 1 unspecified atom stereocenters. The fourth-order valence-electron chi connectivity index (χ4n) is 2.58. The lowest BCUT2D eigenvalue weighted by Gasteiger charge is -2.39. The SMILES string of the molecule is Cl.O=C(c1ccc(Cl)s1)N1CCOC2(CCNC2)C1. The van der Waals surface area contributed by atoms with Crippen molar-refractivity contribution in [2.45, 2.75) is 12.0 Å². The van der Waals surface area contributed by atoms with Gasteiger partial charge in [0.05, 0.1) is 28.0 Å². The Morgan fingerprint density at radius 3 is 3.00 bits per heavy atom. The van der Waals surface area contributed by atoms with Crippen LogP contribution in [0.2, 0.25) is 4.34 Å². The molecule has 2 fully saturated rings. The van der Waals surface area contributed by atoms with Gasteiger partial charge >= 0.3 is 0 Å². The number of thiophene rings is 1. The predicted molar refractivity (Wildman–Crippen MR) is 78.7 cm³/mol. The summed E-state index contributed by atoms with van der Waals surface area (Å²) in [6.07, 6.45) is 0.974. The molecule has 0 aromatic carbocycles. The third-order valence-corrected chi connectivity index (χ3v) is 4.74. The highest BCUT2D eigenvalue weighted by atomic mass is 35.5. The first-order valence-corrected chi connectivity index (χ1v) is 7.27. The summed E-state index contributed by atoms with van der Waals surface area (Å²) in [5.41, 5.74) is -0.172. The molecule has 3 rings (SSSR count). The first kappa shape index (κ1) is 15.1. The Morgan fingerprint density at radius 1 is 1.53 bits per heavy atom. The monoisotopic (exact) mass is 322 g/mol. The van der Waals surface area contributed by atoms with E-state index in [1.807, 2.05) is 4.90 Å². The fraction of sp³-hybridized carbons (Fsp3) is 0.583. The summed E-state index contributed by atoms with van der Waals surface area (Å²) < 4.78 is 6.53. The zero-order chi connectivity index (χ0) is 12.6. The van der Waals surface area contributed by atoms with Crippen molar-refractivity contribution >= 4 is 41.3 Å². The van der Waals surface area contributed by atoms with Crippen LogP contribution in [0.3, 0.4) is 0 Å². The van der Waals surface area contributed by atoms with Gasteiger partial charge in [0.2, 0.25) is 0 Å². The summed E-state index contributed by atoms with van der Waals surface area (Å²) in [5, 5.41) is 3.30. The Bertz CT molecular complexity index is 460. The minimum absolute atomic E-state index is 0. The third kappa shape index (κ3) is 3.06. The minimum Gasteiger partial charge on any atom is -0.370 e. The van der Waals surface area contributed by atoms with Crippen molar-refractivity contribution in [2.75, 3.05) is 32.8 Å². The van der Waals surface area contributed by atoms with E-state index in [2.05, 4.69) is 5.32 Å². The summed E-state index contributed by atoms with van der Waals surface area (Å²) >= 11 is 7.22. The van der Waals surface area contributed by atoms with Crippen LogP contribution >= 0.6 is 35.3 Å². The van der Waals surface area contributed by atoms with Crippen LogP contribution in [0.1, 0.15) is 16.1 Å². The Balaban J connectivity index is 0.00000133. The van der Waals surface area contributed by atoms with Gasteiger partial charge in [0, 0.05) is 13.1 Å². The molecule has 1 N–H and O–H groups in total. The number of hydrogen-bond donors (Lipinski definition) is 1. The molecule has 1 aromatic rings. The molecule has 2 aliphatic rings. The van der Waals surface area contributed by atoms with Crippen molar-refractivity contribution < 1.29 is 9.53 Å². The first-order valence-electron chi connectivity index (χ1n) is 6.08. The zero-order valence-corrected chi connectivity index (χ0v) is 12.7. The van der Waals surface area contributed by atoms with E-state index in [4.69, 9.17) is 16.3 Å². The molecule has 1 atom stereocenters. The molecule has 1 amide bonds. The molecule has 7 heteroatoms. The highest BCUT2D eigenvalue weighted by Crippen LogP contribution is 2.28. The molecule has 1 aromatic heterocycles. The number of rotatable bonds is 1. The molecule has 3 heterocycles. The van der Waals surface area contributed by atoms with E-state index in [-0.39, 0.29) is 23.9 Å². The van der Waals surface area contributed by atoms with Gasteiger partial charge in [-0.3, -0.25) is 4.79 Å². The molecule has 106 valence electrons. The van der Waals surface area contributed by atoms with Gasteiger partial charge in [0.1, 0.15) is 0 Å². The van der Waals surface area contributed by atoms with E-state index in [0.717, 1.165) is 19.5 Å². The Kier molecular flexibility index (Phi) is 4.74. The maximum Gasteiger partial charge on any atom is 0.264 e. The van der Waals surface area contributed by atoms with E-state index in [1.54, 1.807) is 12.1 Å². The number of nitrogens with one attached hydrogen (secondary N) is 1. The molecular formula is C12H16Cl2N2O2S. The van der Waals surface area contributed by atoms with Crippen LogP contribution in [0.4, 0.5) is 0 Å². The summed E-state index contributed by atoms with van der Waals surface area (Å²) in [5.74, 6) is 0.0708. The summed E-state index contributed by atoms with van der Waals surface area (Å²) in [6, 6.07) is 3.57. The van der Waals surface area contributed by atoms with E-state index in [9.17, 15) is 4.79 Å². The maximum atomic E-state index is 12.4. The van der Waals surface area contributed by atoms with Gasteiger partial charge in [0.25, 0.3) is 5.91 Å². The number of nitrogens with zero attached hydrogens (tertiary/aromatic N) is 1. The molecule has 0 bridgehead atoms. The van der Waals surface area contributed by atoms with Gasteiger partial charge in [0.15, 0.2) is 0 Å². The zero-order valence-electron chi connectivity index (χ0n) is 10.4. The van der Waals surface area contributed by atoms with Crippen LogP contribution in [0.15, 0.2) is 12.1 Å². The second-order valence-corrected chi connectivity index (χ2v) is 6.50. The molecule has 19 heavy (non-hydrogen) atoms. The lowest BCUT2D eigenvalue weighted by atomic mass is 10.0. The van der Waals surface area contributed by atoms with Crippen LogP contribution < -0.4 is 5.32 Å². The van der Waals surface area contributed by atoms with Gasteiger partial charge in [-0.25, -0.2) is 0 Å². The number of carbonyl (C=O) groups is 1. The Morgan fingerprint density at radius 2 is 2.37 bits per heavy atom. The molecule has 4 nitrogen and oxygen atoms in total. The highest BCUT2D eigenvalue weighted by molar-refractivity contribution is 7.17. The number of carbonyl (C=O) groups excluding carboxylic acids is 1. The van der Waals surface area contributed by atoms with Crippen LogP contribution in [0.25, 0.3) is 0 Å². The summed E-state index contributed by atoms with van der Waals surface area (Å²) in [4.78, 5) is 15.0. The molecular weight excluding hydrogens is 307 g/mol. The Labute approximate surface area is 127 Å². The maximum absolute atomic E-state index is 12.4. The minimum atomic E-state index is -0.172. The Hall–Kier alpha value is -0.330. The molecule has 1 spiro atoms. The molecule has 2 aliphatic heterocycles. The van der Waals surface area contributed by atoms with E-state index >= 15 is 0 Å². The normalized spacial score (nSPS) is 26.5. The second-order valence-electron chi connectivity index (χ2n) is 4.79. The lowest BCUT2D eigenvalue weighted by molar-refractivity contribution is -0.0865. The second kappa shape index (κ2) is 5.97. The average molecular weight is 323 g/mol. The van der Waals surface area contributed by atoms with Gasteiger partial charge in [-0.15, -0.1) is 23.7 Å². The molecule has 2 saturated heterocycles. The van der Waals surface area contributed by atoms with Crippen LogP contribution in [-0.4, -0.2) is 49.2 Å². The van der Waals surface area contributed by atoms with Gasteiger partial charge in [-0.2, -0.15) is 0 Å². The van der Waals surface area contributed by atoms with Gasteiger partial charge in [-0.1, -0.05) is 11.6 Å². The van der Waals surface area contributed by atoms with E-state index in [0.29, 0.717) is 28.9 Å². The molecule has 0 saturated carbocycles. The third-order valence-electron chi connectivity index (χ3n) is 3.52. The van der Waals surface area contributed by atoms with Gasteiger partial charge < -0.3 is 15.0 Å². The van der Waals surface area contributed by atoms with Crippen molar-refractivity contribution in [3.8, 4) is 0 Å². The van der Waals surface area contributed by atoms with Crippen molar-refractivity contribution in [3.63, 3.8) is 0 Å². The number of halogens is 2. The smallest absolute Gasteiger partial charge is 0.264 e. The standard InChI is InChI=1S/C12H15ClN2O2S.ClH/c13-10-2-1-9(18-10)11(16)15-5-6-17-12(8-15)3-4-14-7-12;/h1-2,14H,3-8H2;1H. The number of morpholine rings is 1. The predicted octanol–water partition coefficient (Wildman–Crippen LogP) is 2.03. The number of ether oxygens (including phenoxy) is 1. The largest absolute Gasteiger partial charge is 0.370 e. The van der Waals surface area contributed by atoms with Gasteiger partial charge in [-0.05, 0) is 25.1 Å². The number of hydrogen-bond acceptors (Lipinski definition) is 4. The summed E-state index contributed by atoms with van der Waals surface area (Å²) in [6.45, 7) is 3.76. The highest BCUT2D eigenvalue weighted by Gasteiger charge is 2.40. The topological polar surface area (TPSA) is 41.6 Å². The van der Waals surface area contributed by atoms with Crippen molar-refractivity contribution in [3.05, 3.63) is 21.3 Å². The van der Waals surface area contributed by atoms with Crippen LogP contribution in [0, 0.1) is 0 Å². The van der Waals surface area contributed by atoms with Crippen LogP contribution in [-0.2, 0) is 4.74 Å². The quantitative estimate of drug-likeness (QED) is 0.860. The summed E-state index contributed by atoms with van der Waals surface area (Å²) in [7, 11) is 0. The van der Waals surface area contributed by atoms with E-state index in [1.165, 1.54) is 11.3 Å². The molecule has 0 aliphatic carbocycles. The molecule has 0 radical (unpaired) electrons. The van der Waals surface area contributed by atoms with E-state index < -0.39 is 0 Å². The number of amides is 1. The van der Waals surface area contributed by atoms with Crippen molar-refractivity contribution in [2.24, 2.45) is 0 Å². The average Bonchev–Trinajstić information content (AvgIpc) is 2.98. The first-order chi connectivity index (χ1) is 8.69. The fourth-order valence-corrected chi connectivity index (χ4v) is 3.59. The van der Waals surface area contributed by atoms with Crippen molar-refractivity contribution in [1.29, 1.82) is 0 Å².